The van der Waals surface area contributed by atoms with Crippen LogP contribution >= 0.6 is 0 Å². The molecule has 0 aliphatic heterocycles. The summed E-state index contributed by atoms with van der Waals surface area (Å²) in [5.41, 5.74) is 7.18. The summed E-state index contributed by atoms with van der Waals surface area (Å²) in [5, 5.41) is 0. The lowest BCUT2D eigenvalue weighted by Gasteiger charge is -2.21. The van der Waals surface area contributed by atoms with Crippen molar-refractivity contribution >= 4 is 0 Å². The van der Waals surface area contributed by atoms with Crippen molar-refractivity contribution < 1.29 is 0 Å². The van der Waals surface area contributed by atoms with E-state index in [1.807, 2.05) is 30.6 Å². The van der Waals surface area contributed by atoms with Gasteiger partial charge in [0.2, 0.25) is 0 Å². The number of aromatic nitrogens is 3. The number of hydrogen-bond acceptors (Lipinski definition) is 2. The fraction of sp³-hybridized carbons (Fsp3) is 0.200. The van der Waals surface area contributed by atoms with Crippen molar-refractivity contribution in [3.63, 3.8) is 0 Å². The Labute approximate surface area is 166 Å². The first-order chi connectivity index (χ1) is 13.7. The normalized spacial score (nSPS) is 11.1. The molecular formula is C25H25N3. The number of pyridine rings is 1. The van der Waals surface area contributed by atoms with E-state index in [9.17, 15) is 0 Å². The minimum Gasteiger partial charge on any atom is -0.299 e. The third kappa shape index (κ3) is 3.36. The average Bonchev–Trinajstić information content (AvgIpc) is 3.23. The van der Waals surface area contributed by atoms with Crippen molar-refractivity contribution in [3.8, 4) is 28.3 Å². The van der Waals surface area contributed by atoms with E-state index in [0.717, 1.165) is 23.5 Å². The zero-order chi connectivity index (χ0) is 19.5. The van der Waals surface area contributed by atoms with Crippen LogP contribution in [0.15, 0.2) is 79.3 Å². The molecule has 140 valence electrons. The largest absolute Gasteiger partial charge is 0.299 e. The highest BCUT2D eigenvalue weighted by molar-refractivity contribution is 5.69. The highest BCUT2D eigenvalue weighted by Gasteiger charge is 2.18. The second-order valence-electron chi connectivity index (χ2n) is 7.28. The monoisotopic (exact) mass is 367 g/mol. The SMILES string of the molecule is CCc1cc(-c2ccccn2)cc(C(C)C)c1-n1ccnc1-c1ccccc1. The molecule has 0 radical (unpaired) electrons. The van der Waals surface area contributed by atoms with Crippen molar-refractivity contribution in [2.75, 3.05) is 0 Å². The molecule has 0 amide bonds. The lowest BCUT2D eigenvalue weighted by atomic mass is 9.92. The van der Waals surface area contributed by atoms with E-state index in [1.54, 1.807) is 0 Å². The molecule has 4 rings (SSSR count). The first-order valence-electron chi connectivity index (χ1n) is 9.86. The Balaban J connectivity index is 1.95. The highest BCUT2D eigenvalue weighted by atomic mass is 15.1. The van der Waals surface area contributed by atoms with Crippen molar-refractivity contribution in [2.45, 2.75) is 33.1 Å². The Hall–Kier alpha value is -3.20. The van der Waals surface area contributed by atoms with E-state index in [4.69, 9.17) is 0 Å². The minimum absolute atomic E-state index is 0.384. The van der Waals surface area contributed by atoms with Gasteiger partial charge in [0.05, 0.1) is 11.4 Å². The molecule has 3 heteroatoms. The van der Waals surface area contributed by atoms with Gasteiger partial charge in [-0.2, -0.15) is 0 Å². The smallest absolute Gasteiger partial charge is 0.144 e. The maximum absolute atomic E-state index is 4.67. The van der Waals surface area contributed by atoms with Gasteiger partial charge in [-0.3, -0.25) is 9.55 Å². The summed E-state index contributed by atoms with van der Waals surface area (Å²) in [6.07, 6.45) is 6.76. The maximum atomic E-state index is 4.67. The molecule has 28 heavy (non-hydrogen) atoms. The van der Waals surface area contributed by atoms with Crippen molar-refractivity contribution in [1.29, 1.82) is 0 Å². The van der Waals surface area contributed by atoms with Crippen molar-refractivity contribution in [1.82, 2.24) is 14.5 Å². The molecule has 0 aliphatic carbocycles. The summed E-state index contributed by atoms with van der Waals surface area (Å²) >= 11 is 0. The molecule has 3 nitrogen and oxygen atoms in total. The summed E-state index contributed by atoms with van der Waals surface area (Å²) in [4.78, 5) is 9.23. The van der Waals surface area contributed by atoms with Gasteiger partial charge in [0.25, 0.3) is 0 Å². The number of nitrogens with zero attached hydrogens (tertiary/aromatic N) is 3. The number of hydrogen-bond donors (Lipinski definition) is 0. The van der Waals surface area contributed by atoms with Crippen LogP contribution in [0.3, 0.4) is 0 Å². The topological polar surface area (TPSA) is 30.7 Å². The van der Waals surface area contributed by atoms with E-state index < -0.39 is 0 Å². The Morgan fingerprint density at radius 2 is 1.64 bits per heavy atom. The lowest BCUT2D eigenvalue weighted by molar-refractivity contribution is 0.839. The molecule has 2 heterocycles. The molecular weight excluding hydrogens is 342 g/mol. The molecule has 0 bridgehead atoms. The van der Waals surface area contributed by atoms with Gasteiger partial charge in [0, 0.05) is 29.7 Å². The Bertz CT molecular complexity index is 1060. The van der Waals surface area contributed by atoms with E-state index in [0.29, 0.717) is 5.92 Å². The Morgan fingerprint density at radius 3 is 2.32 bits per heavy atom. The molecule has 0 saturated heterocycles. The van der Waals surface area contributed by atoms with Crippen LogP contribution < -0.4 is 0 Å². The lowest BCUT2D eigenvalue weighted by Crippen LogP contribution is -2.07. The van der Waals surface area contributed by atoms with Gasteiger partial charge in [-0.1, -0.05) is 57.2 Å². The molecule has 0 saturated carbocycles. The molecule has 0 N–H and O–H groups in total. The molecule has 0 fully saturated rings. The number of benzene rings is 2. The average molecular weight is 367 g/mol. The fourth-order valence-corrected chi connectivity index (χ4v) is 3.69. The summed E-state index contributed by atoms with van der Waals surface area (Å²) in [7, 11) is 0. The van der Waals surface area contributed by atoms with Gasteiger partial charge in [-0.05, 0) is 47.7 Å². The van der Waals surface area contributed by atoms with E-state index in [2.05, 4.69) is 84.0 Å². The summed E-state index contributed by atoms with van der Waals surface area (Å²) < 4.78 is 2.24. The number of aryl methyl sites for hydroxylation is 1. The third-order valence-electron chi connectivity index (χ3n) is 5.10. The van der Waals surface area contributed by atoms with Gasteiger partial charge in [0.1, 0.15) is 5.82 Å². The Kier molecular flexibility index (Phi) is 5.07. The standard InChI is InChI=1S/C25H25N3/c1-4-19-16-21(23-12-8-9-13-26-23)17-22(18(2)3)24(19)28-15-14-27-25(28)20-10-6-5-7-11-20/h5-18H,4H2,1-3H3. The second kappa shape index (κ2) is 7.81. The van der Waals surface area contributed by atoms with E-state index in [-0.39, 0.29) is 0 Å². The van der Waals surface area contributed by atoms with Crippen molar-refractivity contribution in [3.05, 3.63) is 90.4 Å². The molecule has 4 aromatic rings. The van der Waals surface area contributed by atoms with E-state index in [1.165, 1.54) is 22.4 Å². The van der Waals surface area contributed by atoms with Gasteiger partial charge in [-0.15, -0.1) is 0 Å². The summed E-state index contributed by atoms with van der Waals surface area (Å²) in [5.74, 6) is 1.36. The molecule has 0 spiro atoms. The molecule has 0 aliphatic rings. The number of rotatable bonds is 5. The quantitative estimate of drug-likeness (QED) is 0.415. The van der Waals surface area contributed by atoms with Gasteiger partial charge in [-0.25, -0.2) is 4.98 Å². The van der Waals surface area contributed by atoms with Crippen LogP contribution in [0, 0.1) is 0 Å². The van der Waals surface area contributed by atoms with Gasteiger partial charge >= 0.3 is 0 Å². The fourth-order valence-electron chi connectivity index (χ4n) is 3.69. The van der Waals surface area contributed by atoms with Crippen LogP contribution in [0.25, 0.3) is 28.3 Å². The van der Waals surface area contributed by atoms with Gasteiger partial charge in [0.15, 0.2) is 0 Å². The van der Waals surface area contributed by atoms with Crippen LogP contribution in [0.2, 0.25) is 0 Å². The number of imidazole rings is 1. The van der Waals surface area contributed by atoms with Crippen LogP contribution in [-0.4, -0.2) is 14.5 Å². The summed E-state index contributed by atoms with van der Waals surface area (Å²) in [6.45, 7) is 6.71. The zero-order valence-electron chi connectivity index (χ0n) is 16.6. The first-order valence-corrected chi connectivity index (χ1v) is 9.86. The van der Waals surface area contributed by atoms with Crippen molar-refractivity contribution in [2.24, 2.45) is 0 Å². The highest BCUT2D eigenvalue weighted by Crippen LogP contribution is 2.34. The van der Waals surface area contributed by atoms with Crippen LogP contribution in [0.1, 0.15) is 37.8 Å². The van der Waals surface area contributed by atoms with Crippen LogP contribution in [-0.2, 0) is 6.42 Å². The van der Waals surface area contributed by atoms with E-state index >= 15 is 0 Å². The predicted octanol–water partition coefficient (Wildman–Crippen LogP) is 6.29. The molecule has 2 aromatic heterocycles. The van der Waals surface area contributed by atoms with Gasteiger partial charge < -0.3 is 0 Å². The van der Waals surface area contributed by atoms with Crippen LogP contribution in [0.5, 0.6) is 0 Å². The molecule has 0 atom stereocenters. The minimum atomic E-state index is 0.384. The zero-order valence-corrected chi connectivity index (χ0v) is 16.6. The molecule has 2 aromatic carbocycles. The second-order valence-corrected chi connectivity index (χ2v) is 7.28. The molecule has 0 unspecified atom stereocenters. The Morgan fingerprint density at radius 1 is 0.857 bits per heavy atom. The first kappa shape index (κ1) is 18.2. The summed E-state index contributed by atoms with van der Waals surface area (Å²) in [6, 6.07) is 21.0. The third-order valence-corrected chi connectivity index (χ3v) is 5.10. The van der Waals surface area contributed by atoms with Crippen LogP contribution in [0.4, 0.5) is 0 Å². The predicted molar refractivity (Wildman–Crippen MR) is 116 cm³/mol. The maximum Gasteiger partial charge on any atom is 0.144 e.